The first kappa shape index (κ1) is 20.4. The second-order valence-electron chi connectivity index (χ2n) is 3.82. The summed E-state index contributed by atoms with van der Waals surface area (Å²) in [5, 5.41) is 11.3. The van der Waals surface area contributed by atoms with E-state index in [9.17, 15) is 8.42 Å². The van der Waals surface area contributed by atoms with Crippen molar-refractivity contribution < 1.29 is 40.1 Å². The molecular weight excluding hydrogens is 342 g/mol. The van der Waals surface area contributed by atoms with E-state index in [-0.39, 0.29) is 13.5 Å². The van der Waals surface area contributed by atoms with E-state index in [4.69, 9.17) is 22.9 Å². The van der Waals surface area contributed by atoms with Gasteiger partial charge in [0, 0.05) is 18.4 Å². The minimum absolute atomic E-state index is 0.0811. The van der Waals surface area contributed by atoms with Gasteiger partial charge in [0.1, 0.15) is 6.21 Å². The van der Waals surface area contributed by atoms with Crippen molar-refractivity contribution in [2.75, 3.05) is 19.3 Å². The molecule has 126 valence electrons. The summed E-state index contributed by atoms with van der Waals surface area (Å²) in [6.45, 7) is -0.284. The Labute approximate surface area is 128 Å². The summed E-state index contributed by atoms with van der Waals surface area (Å²) in [5.74, 6) is 0. The maximum Gasteiger partial charge on any atom is 0.266 e. The molecule has 10 nitrogen and oxygen atoms in total. The minimum Gasteiger partial charge on any atom is -0.748 e. The molecule has 0 saturated carbocycles. The molecule has 0 spiro atoms. The zero-order valence-corrected chi connectivity index (χ0v) is 13.4. The van der Waals surface area contributed by atoms with Crippen LogP contribution in [0.1, 0.15) is 5.69 Å². The highest BCUT2D eigenvalue weighted by atomic mass is 32.2. The molecule has 0 saturated heterocycles. The number of ether oxygens (including phenoxy) is 1. The molecule has 1 rings (SSSR count). The summed E-state index contributed by atoms with van der Waals surface area (Å²) in [7, 11) is -7.42. The Kier molecular flexibility index (Phi) is 8.74. The molecule has 0 aliphatic heterocycles. The Morgan fingerprint density at radius 1 is 1.32 bits per heavy atom. The molecule has 1 aromatic rings. The largest absolute Gasteiger partial charge is 0.748 e. The molecular formula is C10H16N2O8S2. The van der Waals surface area contributed by atoms with Crippen LogP contribution in [0.5, 0.6) is 0 Å². The van der Waals surface area contributed by atoms with Crippen LogP contribution in [0.3, 0.4) is 0 Å². The van der Waals surface area contributed by atoms with Crippen LogP contribution in [0.15, 0.2) is 29.6 Å². The molecule has 0 aliphatic rings. The van der Waals surface area contributed by atoms with Crippen LogP contribution in [0.25, 0.3) is 0 Å². The summed E-state index contributed by atoms with van der Waals surface area (Å²) >= 11 is 0. The lowest BCUT2D eigenvalue weighted by Crippen LogP contribution is -2.39. The first-order valence-electron chi connectivity index (χ1n) is 5.52. The van der Waals surface area contributed by atoms with E-state index in [1.54, 1.807) is 29.0 Å². The number of pyridine rings is 1. The number of hydrogen-bond donors (Lipinski definition) is 1. The lowest BCUT2D eigenvalue weighted by molar-refractivity contribution is -0.734. The van der Waals surface area contributed by atoms with Gasteiger partial charge in [-0.15, -0.1) is 0 Å². The lowest BCUT2D eigenvalue weighted by atomic mass is 10.4. The molecule has 1 aromatic heterocycles. The molecule has 1 heterocycles. The van der Waals surface area contributed by atoms with Crippen LogP contribution in [0, 0.1) is 0 Å². The molecule has 0 radical (unpaired) electrons. The van der Waals surface area contributed by atoms with Crippen LogP contribution in [-0.2, 0) is 35.9 Å². The van der Waals surface area contributed by atoms with E-state index in [2.05, 4.69) is 9.34 Å². The molecule has 0 bridgehead atoms. The number of oxime groups is 1. The standard InChI is InChI=1S/C9H12N2O5S.CH4O3S/c1-17(13,14)16-8-15-7-11-5-3-2-4-9(11)6-10-12;1-5(2,3)4/h2-6H,7-8H2,1H3;1H3,(H,2,3,4)/i6+2;. The maximum atomic E-state index is 10.6. The molecule has 0 amide bonds. The average molecular weight is 358 g/mol. The fraction of sp³-hybridized carbons (Fsp3) is 0.400. The first-order valence-corrected chi connectivity index (χ1v) is 9.15. The van der Waals surface area contributed by atoms with Gasteiger partial charge in [-0.1, -0.05) is 5.16 Å². The van der Waals surface area contributed by atoms with E-state index in [1.165, 1.54) is 6.21 Å². The minimum atomic E-state index is -3.92. The molecule has 12 heteroatoms. The molecule has 0 atom stereocenters. The first-order chi connectivity index (χ1) is 10.0. The fourth-order valence-electron chi connectivity index (χ4n) is 1.04. The summed E-state index contributed by atoms with van der Waals surface area (Å²) in [6, 6.07) is 5.23. The molecule has 22 heavy (non-hydrogen) atoms. The Morgan fingerprint density at radius 2 is 1.91 bits per heavy atom. The van der Waals surface area contributed by atoms with Crippen LogP contribution in [0.4, 0.5) is 0 Å². The third-order valence-corrected chi connectivity index (χ3v) is 2.27. The van der Waals surface area contributed by atoms with Crippen molar-refractivity contribution in [1.29, 1.82) is 0 Å². The predicted molar refractivity (Wildman–Crippen MR) is 73.5 cm³/mol. The van der Waals surface area contributed by atoms with Crippen LogP contribution in [-0.4, -0.2) is 52.1 Å². The van der Waals surface area contributed by atoms with E-state index >= 15 is 0 Å². The normalized spacial score (nSPS) is 12.0. The monoisotopic (exact) mass is 358 g/mol. The lowest BCUT2D eigenvalue weighted by Gasteiger charge is -2.02. The topological polar surface area (TPSA) is 146 Å². The summed E-state index contributed by atoms with van der Waals surface area (Å²) in [5.41, 5.74) is 0.606. The second-order valence-corrected chi connectivity index (χ2v) is 6.87. The van der Waals surface area contributed by atoms with Crippen molar-refractivity contribution in [3.8, 4) is 0 Å². The number of nitrogens with zero attached hydrogens (tertiary/aromatic N) is 2. The predicted octanol–water partition coefficient (Wildman–Crippen LogP) is -1.15. The number of hydrogen-bond acceptors (Lipinski definition) is 9. The van der Waals surface area contributed by atoms with Gasteiger partial charge in [-0.05, 0) is 6.07 Å². The molecule has 0 fully saturated rings. The number of aromatic nitrogens is 1. The average Bonchev–Trinajstić information content (AvgIpc) is 2.33. The van der Waals surface area contributed by atoms with Gasteiger partial charge in [0.15, 0.2) is 13.0 Å². The SMILES string of the molecule is CS(=O)(=O)OCOC[n+]1ccccc1/[14CH]=N\O.CS(=O)(=O)[O-]. The second kappa shape index (κ2) is 9.42. The van der Waals surface area contributed by atoms with E-state index in [1.807, 2.05) is 0 Å². The van der Waals surface area contributed by atoms with Crippen molar-refractivity contribution in [2.24, 2.45) is 5.16 Å². The third-order valence-electron chi connectivity index (χ3n) is 1.74. The Bertz CT molecular complexity index is 677. The smallest absolute Gasteiger partial charge is 0.266 e. The van der Waals surface area contributed by atoms with Gasteiger partial charge < -0.3 is 9.76 Å². The van der Waals surface area contributed by atoms with Crippen molar-refractivity contribution in [3.63, 3.8) is 0 Å². The van der Waals surface area contributed by atoms with Crippen molar-refractivity contribution in [2.45, 2.75) is 6.73 Å². The Hall–Kier alpha value is -1.60. The van der Waals surface area contributed by atoms with Gasteiger partial charge in [-0.2, -0.15) is 13.0 Å². The zero-order valence-electron chi connectivity index (χ0n) is 11.8. The zero-order chi connectivity index (χ0) is 17.2. The molecule has 0 aliphatic carbocycles. The summed E-state index contributed by atoms with van der Waals surface area (Å²) < 4.78 is 59.5. The van der Waals surface area contributed by atoms with Gasteiger partial charge in [-0.3, -0.25) is 4.74 Å². The van der Waals surface area contributed by atoms with Gasteiger partial charge in [-0.25, -0.2) is 12.6 Å². The van der Waals surface area contributed by atoms with Crippen LogP contribution >= 0.6 is 0 Å². The van der Waals surface area contributed by atoms with Crippen molar-refractivity contribution >= 4 is 26.5 Å². The molecule has 0 unspecified atom stereocenters. The highest BCUT2D eigenvalue weighted by Crippen LogP contribution is 1.90. The molecule has 1 N–H and O–H groups in total. The van der Waals surface area contributed by atoms with Crippen LogP contribution in [0.2, 0.25) is 0 Å². The Balaban J connectivity index is 0.000000763. The van der Waals surface area contributed by atoms with Gasteiger partial charge in [0.05, 0.1) is 16.4 Å². The van der Waals surface area contributed by atoms with E-state index < -0.39 is 20.2 Å². The maximum absolute atomic E-state index is 10.6. The van der Waals surface area contributed by atoms with Crippen molar-refractivity contribution in [3.05, 3.63) is 30.1 Å². The van der Waals surface area contributed by atoms with Gasteiger partial charge in [0.25, 0.3) is 16.8 Å². The fourth-order valence-corrected chi connectivity index (χ4v) is 1.28. The summed E-state index contributed by atoms with van der Waals surface area (Å²) in [4.78, 5) is 0. The van der Waals surface area contributed by atoms with Gasteiger partial charge >= 0.3 is 0 Å². The van der Waals surface area contributed by atoms with E-state index in [0.717, 1.165) is 6.26 Å². The third kappa shape index (κ3) is 13.4. The quantitative estimate of drug-likeness (QED) is 0.0980. The van der Waals surface area contributed by atoms with Crippen LogP contribution < -0.4 is 4.57 Å². The highest BCUT2D eigenvalue weighted by molar-refractivity contribution is 7.86. The van der Waals surface area contributed by atoms with E-state index in [0.29, 0.717) is 11.9 Å². The summed E-state index contributed by atoms with van der Waals surface area (Å²) in [6.07, 6.45) is 4.47. The Morgan fingerprint density at radius 3 is 2.41 bits per heavy atom. The highest BCUT2D eigenvalue weighted by Gasteiger charge is 2.08. The number of rotatable bonds is 6. The van der Waals surface area contributed by atoms with Crippen molar-refractivity contribution in [1.82, 2.24) is 0 Å². The van der Waals surface area contributed by atoms with Gasteiger partial charge in [0.2, 0.25) is 5.69 Å². The molecule has 0 aromatic carbocycles.